The third-order valence-electron chi connectivity index (χ3n) is 3.24. The van der Waals surface area contributed by atoms with E-state index in [0.29, 0.717) is 16.5 Å². The lowest BCUT2D eigenvalue weighted by molar-refractivity contribution is 0.117. The van der Waals surface area contributed by atoms with Crippen LogP contribution in [0.4, 0.5) is 10.5 Å². The summed E-state index contributed by atoms with van der Waals surface area (Å²) in [7, 11) is 0. The second-order valence-corrected chi connectivity index (χ2v) is 6.20. The molecule has 1 unspecified atom stereocenters. The Labute approximate surface area is 146 Å². The molecule has 0 spiro atoms. The number of aromatic nitrogens is 2. The molecular formula is C16H13BrClN3O2. The Morgan fingerprint density at radius 2 is 2.13 bits per heavy atom. The van der Waals surface area contributed by atoms with Crippen LogP contribution >= 0.6 is 27.5 Å². The van der Waals surface area contributed by atoms with E-state index in [1.54, 1.807) is 25.1 Å². The molecule has 2 N–H and O–H groups in total. The molecule has 1 atom stereocenters. The largest absolute Gasteiger partial charge is 0.438 e. The summed E-state index contributed by atoms with van der Waals surface area (Å²) >= 11 is 9.28. The van der Waals surface area contributed by atoms with Crippen molar-refractivity contribution in [2.45, 2.75) is 13.0 Å². The number of H-pyrrole nitrogens is 1. The van der Waals surface area contributed by atoms with Crippen LogP contribution < -0.4 is 5.32 Å². The lowest BCUT2D eigenvalue weighted by atomic mass is 10.3. The van der Waals surface area contributed by atoms with E-state index < -0.39 is 12.2 Å². The van der Waals surface area contributed by atoms with Gasteiger partial charge in [-0.3, -0.25) is 5.32 Å². The molecule has 0 radical (unpaired) electrons. The lowest BCUT2D eigenvalue weighted by Crippen LogP contribution is -2.16. The van der Waals surface area contributed by atoms with Crippen LogP contribution in [-0.4, -0.2) is 16.1 Å². The average Bonchev–Trinajstić information content (AvgIpc) is 2.95. The molecule has 0 aliphatic heterocycles. The van der Waals surface area contributed by atoms with Crippen LogP contribution in [0.3, 0.4) is 0 Å². The summed E-state index contributed by atoms with van der Waals surface area (Å²) in [6.45, 7) is 1.76. The number of para-hydroxylation sites is 2. The fourth-order valence-electron chi connectivity index (χ4n) is 2.10. The van der Waals surface area contributed by atoms with Crippen LogP contribution in [0.2, 0.25) is 5.02 Å². The van der Waals surface area contributed by atoms with Gasteiger partial charge in [0.05, 0.1) is 16.1 Å². The molecular weight excluding hydrogens is 382 g/mol. The van der Waals surface area contributed by atoms with Gasteiger partial charge in [-0.15, -0.1) is 0 Å². The third kappa shape index (κ3) is 3.65. The molecule has 3 aromatic rings. The standard InChI is InChI=1S/C16H13BrClN3O2/c1-9(15-20-13-4-2-3-5-14(13)21-15)23-16(22)19-10-6-7-11(17)12(18)8-10/h2-9H,1H3,(H,19,22)(H,20,21). The number of nitrogens with zero attached hydrogens (tertiary/aromatic N) is 1. The van der Waals surface area contributed by atoms with E-state index in [4.69, 9.17) is 16.3 Å². The highest BCUT2D eigenvalue weighted by atomic mass is 79.9. The van der Waals surface area contributed by atoms with Crippen LogP contribution in [-0.2, 0) is 4.74 Å². The Kier molecular flexibility index (Phi) is 4.54. The summed E-state index contributed by atoms with van der Waals surface area (Å²) in [5.74, 6) is 0.593. The van der Waals surface area contributed by atoms with E-state index >= 15 is 0 Å². The fraction of sp³-hybridized carbons (Fsp3) is 0.125. The molecule has 1 aromatic heterocycles. The van der Waals surface area contributed by atoms with Crippen molar-refractivity contribution in [2.75, 3.05) is 5.32 Å². The summed E-state index contributed by atoms with van der Waals surface area (Å²) in [4.78, 5) is 19.5. The van der Waals surface area contributed by atoms with Gasteiger partial charge in [-0.25, -0.2) is 9.78 Å². The number of carbonyl (C=O) groups is 1. The van der Waals surface area contributed by atoms with E-state index in [0.717, 1.165) is 15.5 Å². The molecule has 2 aromatic carbocycles. The highest BCUT2D eigenvalue weighted by Crippen LogP contribution is 2.26. The van der Waals surface area contributed by atoms with Crippen molar-refractivity contribution >= 4 is 50.3 Å². The molecule has 1 amide bonds. The Morgan fingerprint density at radius 1 is 1.35 bits per heavy atom. The summed E-state index contributed by atoms with van der Waals surface area (Å²) in [6, 6.07) is 12.7. The number of benzene rings is 2. The topological polar surface area (TPSA) is 67.0 Å². The highest BCUT2D eigenvalue weighted by Gasteiger charge is 2.16. The smallest absolute Gasteiger partial charge is 0.412 e. The maximum absolute atomic E-state index is 12.0. The molecule has 118 valence electrons. The Bertz CT molecular complexity index is 832. The predicted molar refractivity (Wildman–Crippen MR) is 93.8 cm³/mol. The number of hydrogen-bond acceptors (Lipinski definition) is 3. The van der Waals surface area contributed by atoms with Crippen molar-refractivity contribution in [2.24, 2.45) is 0 Å². The number of fused-ring (bicyclic) bond motifs is 1. The third-order valence-corrected chi connectivity index (χ3v) is 4.48. The SMILES string of the molecule is CC(OC(=O)Nc1ccc(Br)c(Cl)c1)c1nc2ccccc2[nH]1. The number of hydrogen-bond donors (Lipinski definition) is 2. The van der Waals surface area contributed by atoms with Crippen LogP contribution in [0.5, 0.6) is 0 Å². The van der Waals surface area contributed by atoms with Crippen molar-refractivity contribution in [1.82, 2.24) is 9.97 Å². The Morgan fingerprint density at radius 3 is 2.87 bits per heavy atom. The van der Waals surface area contributed by atoms with E-state index in [-0.39, 0.29) is 0 Å². The van der Waals surface area contributed by atoms with Gasteiger partial charge in [0.25, 0.3) is 0 Å². The monoisotopic (exact) mass is 393 g/mol. The predicted octanol–water partition coefficient (Wildman–Crippen LogP) is 5.29. The maximum Gasteiger partial charge on any atom is 0.412 e. The second-order valence-electron chi connectivity index (χ2n) is 4.94. The van der Waals surface area contributed by atoms with E-state index in [1.165, 1.54) is 0 Å². The van der Waals surface area contributed by atoms with Crippen molar-refractivity contribution in [3.05, 3.63) is 57.8 Å². The quantitative estimate of drug-likeness (QED) is 0.634. The number of halogens is 2. The fourth-order valence-corrected chi connectivity index (χ4v) is 2.53. The maximum atomic E-state index is 12.0. The zero-order valence-electron chi connectivity index (χ0n) is 12.1. The number of nitrogens with one attached hydrogen (secondary N) is 2. The second kappa shape index (κ2) is 6.60. The van der Waals surface area contributed by atoms with Gasteiger partial charge >= 0.3 is 6.09 Å². The molecule has 0 aliphatic carbocycles. The van der Waals surface area contributed by atoms with Gasteiger partial charge in [-0.2, -0.15) is 0 Å². The first-order valence-electron chi connectivity index (χ1n) is 6.90. The molecule has 7 heteroatoms. The van der Waals surface area contributed by atoms with E-state index in [1.807, 2.05) is 24.3 Å². The molecule has 0 saturated carbocycles. The number of rotatable bonds is 3. The van der Waals surface area contributed by atoms with Crippen LogP contribution in [0.1, 0.15) is 18.9 Å². The van der Waals surface area contributed by atoms with Crippen LogP contribution in [0.25, 0.3) is 11.0 Å². The Balaban J connectivity index is 1.67. The van der Waals surface area contributed by atoms with Gasteiger partial charge in [0.2, 0.25) is 0 Å². The van der Waals surface area contributed by atoms with Gasteiger partial charge in [-0.1, -0.05) is 23.7 Å². The normalized spacial score (nSPS) is 12.1. The number of ether oxygens (including phenoxy) is 1. The number of aromatic amines is 1. The van der Waals surface area contributed by atoms with Crippen molar-refractivity contribution in [3.8, 4) is 0 Å². The zero-order chi connectivity index (χ0) is 16.4. The summed E-state index contributed by atoms with van der Waals surface area (Å²) in [5.41, 5.74) is 2.29. The van der Waals surface area contributed by atoms with Crippen LogP contribution in [0, 0.1) is 0 Å². The molecule has 0 saturated heterocycles. The first-order valence-corrected chi connectivity index (χ1v) is 8.07. The Hall–Kier alpha value is -2.05. The van der Waals surface area contributed by atoms with Gasteiger partial charge in [-0.05, 0) is 53.2 Å². The average molecular weight is 395 g/mol. The van der Waals surface area contributed by atoms with Crippen molar-refractivity contribution < 1.29 is 9.53 Å². The minimum Gasteiger partial charge on any atom is -0.438 e. The van der Waals surface area contributed by atoms with E-state index in [2.05, 4.69) is 31.2 Å². The number of imidazole rings is 1. The molecule has 0 bridgehead atoms. The van der Waals surface area contributed by atoms with Crippen LogP contribution in [0.15, 0.2) is 46.9 Å². The minimum atomic E-state index is -0.573. The first-order chi connectivity index (χ1) is 11.0. The summed E-state index contributed by atoms with van der Waals surface area (Å²) in [6.07, 6.45) is -1.08. The van der Waals surface area contributed by atoms with Crippen molar-refractivity contribution in [1.29, 1.82) is 0 Å². The molecule has 0 fully saturated rings. The molecule has 5 nitrogen and oxygen atoms in total. The number of amides is 1. The molecule has 3 rings (SSSR count). The minimum absolute atomic E-state index is 0.506. The lowest BCUT2D eigenvalue weighted by Gasteiger charge is -2.12. The molecule has 0 aliphatic rings. The molecule has 23 heavy (non-hydrogen) atoms. The van der Waals surface area contributed by atoms with Crippen molar-refractivity contribution in [3.63, 3.8) is 0 Å². The van der Waals surface area contributed by atoms with Gasteiger partial charge in [0, 0.05) is 10.2 Å². The first kappa shape index (κ1) is 15.8. The van der Waals surface area contributed by atoms with Gasteiger partial charge in [0.15, 0.2) is 6.10 Å². The highest BCUT2D eigenvalue weighted by molar-refractivity contribution is 9.10. The summed E-state index contributed by atoms with van der Waals surface area (Å²) in [5, 5.41) is 3.14. The van der Waals surface area contributed by atoms with E-state index in [9.17, 15) is 4.79 Å². The number of carbonyl (C=O) groups excluding carboxylic acids is 1. The van der Waals surface area contributed by atoms with Gasteiger partial charge < -0.3 is 9.72 Å². The molecule has 1 heterocycles. The van der Waals surface area contributed by atoms with Gasteiger partial charge in [0.1, 0.15) is 5.82 Å². The zero-order valence-corrected chi connectivity index (χ0v) is 14.5. The summed E-state index contributed by atoms with van der Waals surface area (Å²) < 4.78 is 6.10. The number of anilines is 1.